The second kappa shape index (κ2) is 6.91. The molecule has 0 aliphatic carbocycles. The topological polar surface area (TPSA) is 54.3 Å². The van der Waals surface area contributed by atoms with E-state index in [1.807, 2.05) is 31.2 Å². The van der Waals surface area contributed by atoms with Crippen LogP contribution in [-0.2, 0) is 6.54 Å². The SMILES string of the molecule is CCCNCc1cccc(NC(=O)c2ccc(C)o2)c1. The molecule has 1 aromatic heterocycles. The van der Waals surface area contributed by atoms with Crippen LogP contribution in [0.5, 0.6) is 0 Å². The number of carbonyl (C=O) groups is 1. The number of furan rings is 1. The number of aryl methyl sites for hydroxylation is 1. The van der Waals surface area contributed by atoms with Gasteiger partial charge in [0.1, 0.15) is 5.76 Å². The van der Waals surface area contributed by atoms with Gasteiger partial charge in [-0.05, 0) is 49.7 Å². The largest absolute Gasteiger partial charge is 0.456 e. The molecule has 0 fully saturated rings. The molecule has 2 N–H and O–H groups in total. The van der Waals surface area contributed by atoms with Gasteiger partial charge in [0.05, 0.1) is 0 Å². The number of hydrogen-bond donors (Lipinski definition) is 2. The smallest absolute Gasteiger partial charge is 0.291 e. The van der Waals surface area contributed by atoms with E-state index in [1.165, 1.54) is 0 Å². The van der Waals surface area contributed by atoms with Crippen molar-refractivity contribution in [2.45, 2.75) is 26.8 Å². The predicted octanol–water partition coefficient (Wildman–Crippen LogP) is 3.34. The molecule has 0 atom stereocenters. The first-order chi connectivity index (χ1) is 9.69. The van der Waals surface area contributed by atoms with Crippen molar-refractivity contribution in [3.63, 3.8) is 0 Å². The third kappa shape index (κ3) is 3.96. The Hall–Kier alpha value is -2.07. The molecule has 0 spiro atoms. The van der Waals surface area contributed by atoms with E-state index < -0.39 is 0 Å². The Bertz CT molecular complexity index is 575. The van der Waals surface area contributed by atoms with Gasteiger partial charge in [0.2, 0.25) is 0 Å². The molecular weight excluding hydrogens is 252 g/mol. The van der Waals surface area contributed by atoms with E-state index in [-0.39, 0.29) is 5.91 Å². The molecule has 20 heavy (non-hydrogen) atoms. The number of amides is 1. The number of hydrogen-bond acceptors (Lipinski definition) is 3. The van der Waals surface area contributed by atoms with Gasteiger partial charge in [-0.25, -0.2) is 0 Å². The minimum absolute atomic E-state index is 0.225. The van der Waals surface area contributed by atoms with E-state index in [9.17, 15) is 4.79 Å². The summed E-state index contributed by atoms with van der Waals surface area (Å²) in [7, 11) is 0. The molecule has 1 heterocycles. The summed E-state index contributed by atoms with van der Waals surface area (Å²) in [6, 6.07) is 11.3. The number of anilines is 1. The van der Waals surface area contributed by atoms with Crippen molar-refractivity contribution in [3.8, 4) is 0 Å². The molecule has 1 aromatic carbocycles. The highest BCUT2D eigenvalue weighted by molar-refractivity contribution is 6.02. The first-order valence-electron chi connectivity index (χ1n) is 6.86. The van der Waals surface area contributed by atoms with Crippen molar-refractivity contribution in [3.05, 3.63) is 53.5 Å². The minimum Gasteiger partial charge on any atom is -0.456 e. The minimum atomic E-state index is -0.225. The van der Waals surface area contributed by atoms with Gasteiger partial charge in [0.15, 0.2) is 5.76 Å². The van der Waals surface area contributed by atoms with Crippen LogP contribution in [0.15, 0.2) is 40.8 Å². The molecule has 0 saturated heterocycles. The number of nitrogens with one attached hydrogen (secondary N) is 2. The van der Waals surface area contributed by atoms with E-state index in [4.69, 9.17) is 4.42 Å². The van der Waals surface area contributed by atoms with Crippen LogP contribution in [0, 0.1) is 6.92 Å². The summed E-state index contributed by atoms with van der Waals surface area (Å²) in [6.45, 7) is 5.74. The van der Waals surface area contributed by atoms with Crippen LogP contribution < -0.4 is 10.6 Å². The molecule has 0 unspecified atom stereocenters. The molecule has 106 valence electrons. The van der Waals surface area contributed by atoms with E-state index in [0.717, 1.165) is 36.5 Å². The van der Waals surface area contributed by atoms with Crippen molar-refractivity contribution < 1.29 is 9.21 Å². The van der Waals surface area contributed by atoms with Gasteiger partial charge in [-0.3, -0.25) is 4.79 Å². The third-order valence-corrected chi connectivity index (χ3v) is 2.90. The molecule has 4 nitrogen and oxygen atoms in total. The van der Waals surface area contributed by atoms with Crippen molar-refractivity contribution in [2.24, 2.45) is 0 Å². The van der Waals surface area contributed by atoms with Gasteiger partial charge in [-0.2, -0.15) is 0 Å². The fraction of sp³-hybridized carbons (Fsp3) is 0.312. The Morgan fingerprint density at radius 3 is 2.80 bits per heavy atom. The van der Waals surface area contributed by atoms with E-state index >= 15 is 0 Å². The maximum absolute atomic E-state index is 12.0. The molecule has 0 bridgehead atoms. The second-order valence-electron chi connectivity index (χ2n) is 4.74. The van der Waals surface area contributed by atoms with E-state index in [2.05, 4.69) is 17.6 Å². The zero-order valence-electron chi connectivity index (χ0n) is 11.9. The van der Waals surface area contributed by atoms with Gasteiger partial charge >= 0.3 is 0 Å². The average Bonchev–Trinajstić information content (AvgIpc) is 2.86. The van der Waals surface area contributed by atoms with Crippen molar-refractivity contribution >= 4 is 11.6 Å². The zero-order valence-corrected chi connectivity index (χ0v) is 11.9. The Morgan fingerprint density at radius 2 is 2.10 bits per heavy atom. The van der Waals surface area contributed by atoms with Crippen LogP contribution in [-0.4, -0.2) is 12.5 Å². The van der Waals surface area contributed by atoms with Crippen molar-refractivity contribution in [1.82, 2.24) is 5.32 Å². The number of rotatable bonds is 6. The Kier molecular flexibility index (Phi) is 4.96. The summed E-state index contributed by atoms with van der Waals surface area (Å²) < 4.78 is 5.30. The molecule has 4 heteroatoms. The van der Waals surface area contributed by atoms with Gasteiger partial charge in [-0.15, -0.1) is 0 Å². The van der Waals surface area contributed by atoms with Crippen LogP contribution in [0.25, 0.3) is 0 Å². The van der Waals surface area contributed by atoms with E-state index in [1.54, 1.807) is 12.1 Å². The van der Waals surface area contributed by atoms with Crippen LogP contribution >= 0.6 is 0 Å². The highest BCUT2D eigenvalue weighted by Gasteiger charge is 2.10. The van der Waals surface area contributed by atoms with Crippen molar-refractivity contribution in [1.29, 1.82) is 0 Å². The molecule has 1 amide bonds. The van der Waals surface area contributed by atoms with Gasteiger partial charge in [-0.1, -0.05) is 19.1 Å². The average molecular weight is 272 g/mol. The van der Waals surface area contributed by atoms with Crippen LogP contribution in [0.3, 0.4) is 0 Å². The number of carbonyl (C=O) groups excluding carboxylic acids is 1. The normalized spacial score (nSPS) is 10.5. The monoisotopic (exact) mass is 272 g/mol. The second-order valence-corrected chi connectivity index (χ2v) is 4.74. The molecule has 0 saturated carbocycles. The molecule has 0 aliphatic heterocycles. The summed E-state index contributed by atoms with van der Waals surface area (Å²) >= 11 is 0. The first kappa shape index (κ1) is 14.3. The molecule has 0 aliphatic rings. The molecule has 2 aromatic rings. The summed E-state index contributed by atoms with van der Waals surface area (Å²) in [4.78, 5) is 12.0. The van der Waals surface area contributed by atoms with E-state index in [0.29, 0.717) is 5.76 Å². The lowest BCUT2D eigenvalue weighted by Gasteiger charge is -2.07. The third-order valence-electron chi connectivity index (χ3n) is 2.90. The predicted molar refractivity (Wildman–Crippen MR) is 79.8 cm³/mol. The summed E-state index contributed by atoms with van der Waals surface area (Å²) in [6.07, 6.45) is 1.11. The Labute approximate surface area is 119 Å². The van der Waals surface area contributed by atoms with Gasteiger partial charge < -0.3 is 15.1 Å². The fourth-order valence-electron chi connectivity index (χ4n) is 1.92. The lowest BCUT2D eigenvalue weighted by Crippen LogP contribution is -2.14. The van der Waals surface area contributed by atoms with Gasteiger partial charge in [0, 0.05) is 12.2 Å². The zero-order chi connectivity index (χ0) is 14.4. The van der Waals surface area contributed by atoms with Gasteiger partial charge in [0.25, 0.3) is 5.91 Å². The fourth-order valence-corrected chi connectivity index (χ4v) is 1.92. The van der Waals surface area contributed by atoms with Crippen molar-refractivity contribution in [2.75, 3.05) is 11.9 Å². The lowest BCUT2D eigenvalue weighted by atomic mass is 10.2. The maximum atomic E-state index is 12.0. The number of benzene rings is 1. The van der Waals surface area contributed by atoms with Crippen LogP contribution in [0.1, 0.15) is 35.2 Å². The summed E-state index contributed by atoms with van der Waals surface area (Å²) in [5, 5.41) is 6.18. The standard InChI is InChI=1S/C16H20N2O2/c1-3-9-17-11-13-5-4-6-14(10-13)18-16(19)15-8-7-12(2)20-15/h4-8,10,17H,3,9,11H2,1-2H3,(H,18,19). The molecule has 0 radical (unpaired) electrons. The van der Waals surface area contributed by atoms with Crippen LogP contribution in [0.4, 0.5) is 5.69 Å². The maximum Gasteiger partial charge on any atom is 0.291 e. The quantitative estimate of drug-likeness (QED) is 0.793. The molecule has 2 rings (SSSR count). The highest BCUT2D eigenvalue weighted by Crippen LogP contribution is 2.13. The Morgan fingerprint density at radius 1 is 1.25 bits per heavy atom. The molecular formula is C16H20N2O2. The summed E-state index contributed by atoms with van der Waals surface area (Å²) in [5.41, 5.74) is 1.92. The van der Waals surface area contributed by atoms with Crippen LogP contribution in [0.2, 0.25) is 0 Å². The Balaban J connectivity index is 1.98. The first-order valence-corrected chi connectivity index (χ1v) is 6.86. The summed E-state index contributed by atoms with van der Waals surface area (Å²) in [5.74, 6) is 0.835. The highest BCUT2D eigenvalue weighted by atomic mass is 16.3. The lowest BCUT2D eigenvalue weighted by molar-refractivity contribution is 0.0995.